The van der Waals surface area contributed by atoms with Crippen LogP contribution in [-0.4, -0.2) is 29.9 Å². The molecule has 0 heterocycles. The van der Waals surface area contributed by atoms with Crippen molar-refractivity contribution in [3.05, 3.63) is 29.3 Å². The van der Waals surface area contributed by atoms with Crippen LogP contribution in [0.25, 0.3) is 0 Å². The Hall–Kier alpha value is -1.99. The lowest BCUT2D eigenvalue weighted by Gasteiger charge is -2.04. The Labute approximate surface area is 93.5 Å². The van der Waals surface area contributed by atoms with Gasteiger partial charge in [-0.1, -0.05) is 11.8 Å². The number of benzene rings is 1. The van der Waals surface area contributed by atoms with Gasteiger partial charge < -0.3 is 14.9 Å². The average Bonchev–Trinajstić information content (AvgIpc) is 2.29. The molecule has 1 aromatic carbocycles. The van der Waals surface area contributed by atoms with E-state index in [4.69, 9.17) is 14.9 Å². The summed E-state index contributed by atoms with van der Waals surface area (Å²) in [6.07, 6.45) is 0.392. The van der Waals surface area contributed by atoms with Crippen LogP contribution in [0.2, 0.25) is 0 Å². The molecule has 4 heteroatoms. The summed E-state index contributed by atoms with van der Waals surface area (Å²) in [4.78, 5) is 10.8. The summed E-state index contributed by atoms with van der Waals surface area (Å²) < 4.78 is 4.96. The molecule has 4 nitrogen and oxygen atoms in total. The topological polar surface area (TPSA) is 66.8 Å². The number of aliphatic hydroxyl groups is 1. The van der Waals surface area contributed by atoms with Crippen molar-refractivity contribution in [1.82, 2.24) is 0 Å². The van der Waals surface area contributed by atoms with E-state index in [-0.39, 0.29) is 17.9 Å². The van der Waals surface area contributed by atoms with Gasteiger partial charge in [-0.15, -0.1) is 0 Å². The fourth-order valence-corrected chi connectivity index (χ4v) is 1.17. The van der Waals surface area contributed by atoms with Crippen molar-refractivity contribution in [3.8, 4) is 17.6 Å². The number of methoxy groups -OCH3 is 1. The maximum absolute atomic E-state index is 10.8. The summed E-state index contributed by atoms with van der Waals surface area (Å²) in [6, 6.07) is 4.62. The van der Waals surface area contributed by atoms with E-state index < -0.39 is 5.97 Å². The van der Waals surface area contributed by atoms with Gasteiger partial charge in [0.1, 0.15) is 11.3 Å². The summed E-state index contributed by atoms with van der Waals surface area (Å²) in [5.41, 5.74) is 0.769. The van der Waals surface area contributed by atoms with Crippen LogP contribution < -0.4 is 4.74 Å². The van der Waals surface area contributed by atoms with Gasteiger partial charge in [-0.2, -0.15) is 0 Å². The fraction of sp³-hybridized carbons (Fsp3) is 0.250. The average molecular weight is 220 g/mol. The van der Waals surface area contributed by atoms with Crippen molar-refractivity contribution in [2.45, 2.75) is 6.42 Å². The lowest BCUT2D eigenvalue weighted by atomic mass is 10.1. The van der Waals surface area contributed by atoms with Gasteiger partial charge >= 0.3 is 5.97 Å². The van der Waals surface area contributed by atoms with Crippen LogP contribution in [0.4, 0.5) is 0 Å². The van der Waals surface area contributed by atoms with Gasteiger partial charge in [-0.25, -0.2) is 4.79 Å². The fourth-order valence-electron chi connectivity index (χ4n) is 1.17. The van der Waals surface area contributed by atoms with Crippen LogP contribution in [0.1, 0.15) is 22.3 Å². The van der Waals surface area contributed by atoms with Gasteiger partial charge in [0.15, 0.2) is 0 Å². The van der Waals surface area contributed by atoms with Crippen LogP contribution >= 0.6 is 0 Å². The van der Waals surface area contributed by atoms with Gasteiger partial charge in [0.05, 0.1) is 13.7 Å². The van der Waals surface area contributed by atoms with Gasteiger partial charge in [0.25, 0.3) is 0 Å². The number of aliphatic hydroxyl groups excluding tert-OH is 1. The Morgan fingerprint density at radius 2 is 2.25 bits per heavy atom. The van der Waals surface area contributed by atoms with Crippen molar-refractivity contribution < 1.29 is 19.7 Å². The third kappa shape index (κ3) is 3.01. The van der Waals surface area contributed by atoms with E-state index in [0.29, 0.717) is 12.0 Å². The first-order valence-corrected chi connectivity index (χ1v) is 4.70. The van der Waals surface area contributed by atoms with E-state index in [2.05, 4.69) is 11.8 Å². The SMILES string of the molecule is COc1cc(C#CCCO)ccc1C(=O)O. The molecule has 84 valence electrons. The van der Waals surface area contributed by atoms with Crippen molar-refractivity contribution in [2.24, 2.45) is 0 Å². The first kappa shape index (κ1) is 12.1. The Morgan fingerprint density at radius 1 is 1.50 bits per heavy atom. The van der Waals surface area contributed by atoms with Gasteiger partial charge in [0, 0.05) is 12.0 Å². The number of aromatic carboxylic acids is 1. The largest absolute Gasteiger partial charge is 0.496 e. The molecule has 2 N–H and O–H groups in total. The Balaban J connectivity index is 3.01. The minimum absolute atomic E-state index is 0.0113. The molecule has 0 radical (unpaired) electrons. The summed E-state index contributed by atoms with van der Waals surface area (Å²) in [6.45, 7) is 0.0113. The zero-order valence-electron chi connectivity index (χ0n) is 8.86. The van der Waals surface area contributed by atoms with Crippen molar-refractivity contribution in [3.63, 3.8) is 0 Å². The molecule has 0 saturated heterocycles. The molecule has 0 unspecified atom stereocenters. The third-order valence-corrected chi connectivity index (χ3v) is 1.90. The monoisotopic (exact) mass is 220 g/mol. The lowest BCUT2D eigenvalue weighted by Crippen LogP contribution is -2.00. The molecule has 0 saturated carbocycles. The molecule has 16 heavy (non-hydrogen) atoms. The molecule has 0 aromatic heterocycles. The first-order chi connectivity index (χ1) is 7.69. The highest BCUT2D eigenvalue weighted by Gasteiger charge is 2.10. The molecular formula is C12H12O4. The molecule has 0 aliphatic heterocycles. The summed E-state index contributed by atoms with van der Waals surface area (Å²) >= 11 is 0. The van der Waals surface area contributed by atoms with Crippen LogP contribution in [0.3, 0.4) is 0 Å². The molecule has 0 fully saturated rings. The second kappa shape index (κ2) is 5.79. The smallest absolute Gasteiger partial charge is 0.339 e. The van der Waals surface area contributed by atoms with Crippen LogP contribution in [0.15, 0.2) is 18.2 Å². The van der Waals surface area contributed by atoms with Crippen molar-refractivity contribution in [2.75, 3.05) is 13.7 Å². The number of rotatable bonds is 3. The Bertz CT molecular complexity index is 440. The highest BCUT2D eigenvalue weighted by molar-refractivity contribution is 5.91. The molecule has 0 aliphatic rings. The standard InChI is InChI=1S/C12H12O4/c1-16-11-8-9(4-2-3-7-13)5-6-10(11)12(14)15/h5-6,8,13H,3,7H2,1H3,(H,14,15). The minimum atomic E-state index is -1.04. The molecule has 0 bridgehead atoms. The molecule has 1 aromatic rings. The summed E-state index contributed by atoms with van der Waals surface area (Å²) in [5.74, 6) is 4.80. The van der Waals surface area contributed by atoms with E-state index in [0.717, 1.165) is 0 Å². The Kier molecular flexibility index (Phi) is 4.37. The van der Waals surface area contributed by atoms with E-state index in [1.54, 1.807) is 12.1 Å². The predicted octanol–water partition coefficient (Wildman–Crippen LogP) is 1.13. The Morgan fingerprint density at radius 3 is 2.81 bits per heavy atom. The van der Waals surface area contributed by atoms with E-state index in [9.17, 15) is 4.79 Å². The van der Waals surface area contributed by atoms with Crippen LogP contribution in [0, 0.1) is 11.8 Å². The number of carbonyl (C=O) groups is 1. The maximum Gasteiger partial charge on any atom is 0.339 e. The zero-order chi connectivity index (χ0) is 12.0. The molecule has 0 aliphatic carbocycles. The van der Waals surface area contributed by atoms with Crippen LogP contribution in [-0.2, 0) is 0 Å². The molecular weight excluding hydrogens is 208 g/mol. The van der Waals surface area contributed by atoms with Gasteiger partial charge in [-0.05, 0) is 18.2 Å². The van der Waals surface area contributed by atoms with Crippen LogP contribution in [0.5, 0.6) is 5.75 Å². The second-order valence-corrected chi connectivity index (χ2v) is 3.00. The predicted molar refractivity (Wildman–Crippen MR) is 58.5 cm³/mol. The summed E-state index contributed by atoms with van der Waals surface area (Å²) in [7, 11) is 1.41. The summed E-state index contributed by atoms with van der Waals surface area (Å²) in [5, 5.41) is 17.4. The molecule has 0 atom stereocenters. The van der Waals surface area contributed by atoms with Gasteiger partial charge in [-0.3, -0.25) is 0 Å². The molecule has 0 amide bonds. The van der Waals surface area contributed by atoms with Gasteiger partial charge in [0.2, 0.25) is 0 Å². The zero-order valence-corrected chi connectivity index (χ0v) is 8.86. The quantitative estimate of drug-likeness (QED) is 0.749. The third-order valence-electron chi connectivity index (χ3n) is 1.90. The maximum atomic E-state index is 10.8. The van der Waals surface area contributed by atoms with E-state index in [1.165, 1.54) is 13.2 Å². The highest BCUT2D eigenvalue weighted by Crippen LogP contribution is 2.19. The van der Waals surface area contributed by atoms with E-state index >= 15 is 0 Å². The number of carboxylic acid groups (broad SMARTS) is 1. The molecule has 1 rings (SSSR count). The van der Waals surface area contributed by atoms with E-state index in [1.807, 2.05) is 0 Å². The minimum Gasteiger partial charge on any atom is -0.496 e. The normalized spacial score (nSPS) is 9.12. The first-order valence-electron chi connectivity index (χ1n) is 4.70. The highest BCUT2D eigenvalue weighted by atomic mass is 16.5. The number of ether oxygens (including phenoxy) is 1. The number of carboxylic acids is 1. The molecule has 0 spiro atoms. The van der Waals surface area contributed by atoms with Crippen molar-refractivity contribution in [1.29, 1.82) is 0 Å². The second-order valence-electron chi connectivity index (χ2n) is 3.00. The number of hydrogen-bond acceptors (Lipinski definition) is 3. The lowest BCUT2D eigenvalue weighted by molar-refractivity contribution is 0.0693. The number of hydrogen-bond donors (Lipinski definition) is 2. The van der Waals surface area contributed by atoms with Crippen molar-refractivity contribution >= 4 is 5.97 Å².